The third kappa shape index (κ3) is 5.69. The molecule has 0 radical (unpaired) electrons. The van der Waals surface area contributed by atoms with Crippen LogP contribution < -0.4 is 5.32 Å². The quantitative estimate of drug-likeness (QED) is 0.777. The van der Waals surface area contributed by atoms with Crippen LogP contribution in [0.4, 0.5) is 5.69 Å². The van der Waals surface area contributed by atoms with Gasteiger partial charge < -0.3 is 5.32 Å². The molecule has 1 aliphatic rings. The third-order valence-corrected chi connectivity index (χ3v) is 5.50. The number of nitrogens with one attached hydrogen (secondary N) is 1. The Bertz CT molecular complexity index is 789. The Balaban J connectivity index is 1.47. The Morgan fingerprint density at radius 2 is 1.70 bits per heavy atom. The largest absolute Gasteiger partial charge is 0.325 e. The van der Waals surface area contributed by atoms with Crippen molar-refractivity contribution < 1.29 is 4.79 Å². The molecule has 0 spiro atoms. The van der Waals surface area contributed by atoms with Crippen molar-refractivity contribution in [3.05, 3.63) is 63.6 Å². The lowest BCUT2D eigenvalue weighted by atomic mass is 10.1. The highest BCUT2D eigenvalue weighted by atomic mass is 35.5. The Morgan fingerprint density at radius 3 is 2.41 bits per heavy atom. The summed E-state index contributed by atoms with van der Waals surface area (Å²) < 4.78 is 0. The second kappa shape index (κ2) is 9.56. The molecule has 144 valence electrons. The number of rotatable bonds is 6. The number of aryl methyl sites for hydroxylation is 1. The zero-order chi connectivity index (χ0) is 19.2. The smallest absolute Gasteiger partial charge is 0.238 e. The number of hydrogen-bond acceptors (Lipinski definition) is 3. The number of anilines is 1. The van der Waals surface area contributed by atoms with Gasteiger partial charge in [-0.05, 0) is 35.7 Å². The molecular formula is C21H25Cl2N3O. The predicted octanol–water partition coefficient (Wildman–Crippen LogP) is 4.31. The van der Waals surface area contributed by atoms with E-state index in [-0.39, 0.29) is 5.91 Å². The maximum atomic E-state index is 12.4. The SMILES string of the molecule is CCc1ccccc1NC(=O)CN1CCN(Cc2ccc(Cl)cc2Cl)CC1. The van der Waals surface area contributed by atoms with Gasteiger partial charge in [0.2, 0.25) is 5.91 Å². The molecule has 1 amide bonds. The van der Waals surface area contributed by atoms with Gasteiger partial charge in [0.15, 0.2) is 0 Å². The number of amides is 1. The molecule has 0 saturated carbocycles. The van der Waals surface area contributed by atoms with Gasteiger partial charge in [0.05, 0.1) is 6.54 Å². The Labute approximate surface area is 171 Å². The number of carbonyl (C=O) groups excluding carboxylic acids is 1. The maximum Gasteiger partial charge on any atom is 0.238 e. The van der Waals surface area contributed by atoms with Crippen molar-refractivity contribution >= 4 is 34.8 Å². The summed E-state index contributed by atoms with van der Waals surface area (Å²) in [4.78, 5) is 17.0. The second-order valence-corrected chi connectivity index (χ2v) is 7.69. The first-order chi connectivity index (χ1) is 13.0. The van der Waals surface area contributed by atoms with Crippen molar-refractivity contribution in [3.8, 4) is 0 Å². The molecule has 0 bridgehead atoms. The molecule has 6 heteroatoms. The molecule has 1 saturated heterocycles. The van der Waals surface area contributed by atoms with Gasteiger partial charge in [-0.3, -0.25) is 14.6 Å². The van der Waals surface area contributed by atoms with E-state index in [9.17, 15) is 4.79 Å². The minimum absolute atomic E-state index is 0.0464. The summed E-state index contributed by atoms with van der Waals surface area (Å²) >= 11 is 12.2. The zero-order valence-corrected chi connectivity index (χ0v) is 17.1. The topological polar surface area (TPSA) is 35.6 Å². The van der Waals surface area contributed by atoms with Gasteiger partial charge in [-0.2, -0.15) is 0 Å². The van der Waals surface area contributed by atoms with Crippen LogP contribution in [-0.4, -0.2) is 48.4 Å². The molecule has 1 heterocycles. The lowest BCUT2D eigenvalue weighted by Crippen LogP contribution is -2.48. The Kier molecular flexibility index (Phi) is 7.13. The summed E-state index contributed by atoms with van der Waals surface area (Å²) in [6, 6.07) is 13.6. The molecular weight excluding hydrogens is 381 g/mol. The Hall–Kier alpha value is -1.59. The molecule has 0 unspecified atom stereocenters. The van der Waals surface area contributed by atoms with Crippen molar-refractivity contribution in [3.63, 3.8) is 0 Å². The number of para-hydroxylation sites is 1. The molecule has 2 aromatic carbocycles. The average molecular weight is 406 g/mol. The predicted molar refractivity (Wildman–Crippen MR) is 113 cm³/mol. The van der Waals surface area contributed by atoms with E-state index in [4.69, 9.17) is 23.2 Å². The molecule has 0 atom stereocenters. The van der Waals surface area contributed by atoms with E-state index in [0.717, 1.165) is 56.0 Å². The summed E-state index contributed by atoms with van der Waals surface area (Å²) in [5.41, 5.74) is 3.17. The summed E-state index contributed by atoms with van der Waals surface area (Å²) in [5, 5.41) is 4.41. The van der Waals surface area contributed by atoms with E-state index in [2.05, 4.69) is 28.1 Å². The van der Waals surface area contributed by atoms with Crippen LogP contribution in [0.1, 0.15) is 18.1 Å². The van der Waals surface area contributed by atoms with Gasteiger partial charge in [0.25, 0.3) is 0 Å². The van der Waals surface area contributed by atoms with E-state index in [1.165, 1.54) is 0 Å². The van der Waals surface area contributed by atoms with E-state index >= 15 is 0 Å². The molecule has 2 aromatic rings. The third-order valence-electron chi connectivity index (χ3n) is 4.91. The van der Waals surface area contributed by atoms with Gasteiger partial charge >= 0.3 is 0 Å². The molecule has 0 aliphatic carbocycles. The number of piperazine rings is 1. The van der Waals surface area contributed by atoms with Crippen LogP contribution in [0.15, 0.2) is 42.5 Å². The molecule has 0 aromatic heterocycles. The van der Waals surface area contributed by atoms with E-state index in [1.807, 2.05) is 30.3 Å². The van der Waals surface area contributed by atoms with E-state index < -0.39 is 0 Å². The zero-order valence-electron chi connectivity index (χ0n) is 15.5. The standard InChI is InChI=1S/C21H25Cl2N3O/c1-2-16-5-3-4-6-20(16)24-21(27)15-26-11-9-25(10-12-26)14-17-7-8-18(22)13-19(17)23/h3-8,13H,2,9-12,14-15H2,1H3,(H,24,27). The van der Waals surface area contributed by atoms with E-state index in [0.29, 0.717) is 16.6 Å². The van der Waals surface area contributed by atoms with Crippen LogP contribution in [0, 0.1) is 0 Å². The van der Waals surface area contributed by atoms with Crippen LogP contribution in [-0.2, 0) is 17.8 Å². The minimum atomic E-state index is 0.0464. The monoisotopic (exact) mass is 405 g/mol. The minimum Gasteiger partial charge on any atom is -0.325 e. The number of hydrogen-bond donors (Lipinski definition) is 1. The first kappa shape index (κ1) is 20.2. The Morgan fingerprint density at radius 1 is 1.00 bits per heavy atom. The average Bonchev–Trinajstić information content (AvgIpc) is 2.66. The van der Waals surface area contributed by atoms with Crippen molar-refractivity contribution in [1.82, 2.24) is 9.80 Å². The van der Waals surface area contributed by atoms with Gasteiger partial charge in [-0.25, -0.2) is 0 Å². The van der Waals surface area contributed by atoms with Crippen LogP contribution in [0.3, 0.4) is 0 Å². The maximum absolute atomic E-state index is 12.4. The fourth-order valence-corrected chi connectivity index (χ4v) is 3.81. The van der Waals surface area contributed by atoms with Crippen molar-refractivity contribution in [2.75, 3.05) is 38.0 Å². The van der Waals surface area contributed by atoms with Gasteiger partial charge in [-0.15, -0.1) is 0 Å². The molecule has 1 aliphatic heterocycles. The summed E-state index contributed by atoms with van der Waals surface area (Å²) in [6.45, 7) is 6.89. The lowest BCUT2D eigenvalue weighted by Gasteiger charge is -2.34. The van der Waals surface area contributed by atoms with Crippen molar-refractivity contribution in [1.29, 1.82) is 0 Å². The van der Waals surface area contributed by atoms with Crippen LogP contribution in [0.5, 0.6) is 0 Å². The number of carbonyl (C=O) groups is 1. The highest BCUT2D eigenvalue weighted by Gasteiger charge is 2.20. The first-order valence-corrected chi connectivity index (χ1v) is 10.1. The van der Waals surface area contributed by atoms with Crippen molar-refractivity contribution in [2.45, 2.75) is 19.9 Å². The normalized spacial score (nSPS) is 15.7. The number of halogens is 2. The summed E-state index contributed by atoms with van der Waals surface area (Å²) in [7, 11) is 0. The van der Waals surface area contributed by atoms with Crippen molar-refractivity contribution in [2.24, 2.45) is 0 Å². The fourth-order valence-electron chi connectivity index (χ4n) is 3.34. The first-order valence-electron chi connectivity index (χ1n) is 9.31. The molecule has 1 fully saturated rings. The van der Waals surface area contributed by atoms with E-state index in [1.54, 1.807) is 6.07 Å². The molecule has 3 rings (SSSR count). The van der Waals surface area contributed by atoms with Crippen LogP contribution in [0.25, 0.3) is 0 Å². The highest BCUT2D eigenvalue weighted by Crippen LogP contribution is 2.22. The van der Waals surface area contributed by atoms with Crippen LogP contribution in [0.2, 0.25) is 10.0 Å². The molecule has 4 nitrogen and oxygen atoms in total. The lowest BCUT2D eigenvalue weighted by molar-refractivity contribution is -0.117. The second-order valence-electron chi connectivity index (χ2n) is 6.85. The number of benzene rings is 2. The number of nitrogens with zero attached hydrogens (tertiary/aromatic N) is 2. The van der Waals surface area contributed by atoms with Gasteiger partial charge in [0.1, 0.15) is 0 Å². The van der Waals surface area contributed by atoms with Crippen LogP contribution >= 0.6 is 23.2 Å². The van der Waals surface area contributed by atoms with Gasteiger partial charge in [-0.1, -0.05) is 54.4 Å². The molecule has 27 heavy (non-hydrogen) atoms. The molecule has 1 N–H and O–H groups in total. The van der Waals surface area contributed by atoms with Gasteiger partial charge in [0, 0.05) is 48.5 Å². The highest BCUT2D eigenvalue weighted by molar-refractivity contribution is 6.35. The summed E-state index contributed by atoms with van der Waals surface area (Å²) in [5.74, 6) is 0.0464. The fraction of sp³-hybridized carbons (Fsp3) is 0.381. The summed E-state index contributed by atoms with van der Waals surface area (Å²) in [6.07, 6.45) is 0.905.